The second-order valence-corrected chi connectivity index (χ2v) is 5.19. The highest BCUT2D eigenvalue weighted by Gasteiger charge is 2.11. The molecule has 0 fully saturated rings. The molecule has 20 heavy (non-hydrogen) atoms. The van der Waals surface area contributed by atoms with E-state index in [1.54, 1.807) is 18.2 Å². The van der Waals surface area contributed by atoms with E-state index in [4.69, 9.17) is 16.3 Å². The summed E-state index contributed by atoms with van der Waals surface area (Å²) >= 11 is 9.16. The zero-order chi connectivity index (χ0) is 14.7. The van der Waals surface area contributed by atoms with Crippen LogP contribution in [0, 0.1) is 5.82 Å². The average molecular weight is 359 g/mol. The van der Waals surface area contributed by atoms with E-state index >= 15 is 0 Å². The molecule has 0 aliphatic rings. The summed E-state index contributed by atoms with van der Waals surface area (Å²) in [5, 5.41) is 2.76. The summed E-state index contributed by atoms with van der Waals surface area (Å²) in [4.78, 5) is 12.1. The molecule has 0 atom stereocenters. The minimum absolute atomic E-state index is 0.144. The van der Waals surface area contributed by atoms with Gasteiger partial charge in [0, 0.05) is 5.56 Å². The molecule has 104 valence electrons. The van der Waals surface area contributed by atoms with Crippen molar-refractivity contribution in [3.05, 3.63) is 57.3 Å². The number of methoxy groups -OCH3 is 1. The van der Waals surface area contributed by atoms with Crippen LogP contribution in [0.5, 0.6) is 5.75 Å². The number of benzene rings is 2. The number of rotatable bonds is 3. The fourth-order valence-corrected chi connectivity index (χ4v) is 2.35. The van der Waals surface area contributed by atoms with E-state index in [2.05, 4.69) is 21.2 Å². The monoisotopic (exact) mass is 357 g/mol. The summed E-state index contributed by atoms with van der Waals surface area (Å²) < 4.78 is 18.7. The molecule has 1 N–H and O–H groups in total. The van der Waals surface area contributed by atoms with Gasteiger partial charge in [0.1, 0.15) is 11.6 Å². The van der Waals surface area contributed by atoms with Crippen molar-refractivity contribution in [3.8, 4) is 5.75 Å². The molecule has 2 aromatic rings. The molecule has 1 amide bonds. The van der Waals surface area contributed by atoms with Crippen molar-refractivity contribution in [1.82, 2.24) is 0 Å². The number of ether oxygens (including phenoxy) is 1. The predicted molar refractivity (Wildman–Crippen MR) is 80.1 cm³/mol. The smallest absolute Gasteiger partial charge is 0.255 e. The van der Waals surface area contributed by atoms with Gasteiger partial charge in [0.05, 0.1) is 22.3 Å². The molecule has 6 heteroatoms. The first kappa shape index (κ1) is 14.8. The molecule has 0 saturated heterocycles. The molecule has 0 aliphatic heterocycles. The third-order valence-corrected chi connectivity index (χ3v) is 3.53. The Bertz CT molecular complexity index is 664. The second-order valence-electron chi connectivity index (χ2n) is 3.93. The molecule has 0 aromatic heterocycles. The lowest BCUT2D eigenvalue weighted by atomic mass is 10.2. The molecule has 0 heterocycles. The van der Waals surface area contributed by atoms with Gasteiger partial charge in [0.15, 0.2) is 0 Å². The molecule has 0 aliphatic carbocycles. The predicted octanol–water partition coefficient (Wildman–Crippen LogP) is 4.50. The van der Waals surface area contributed by atoms with Crippen LogP contribution in [0.1, 0.15) is 10.4 Å². The summed E-state index contributed by atoms with van der Waals surface area (Å²) in [6.45, 7) is 0. The zero-order valence-electron chi connectivity index (χ0n) is 10.4. The van der Waals surface area contributed by atoms with E-state index in [-0.39, 0.29) is 10.9 Å². The van der Waals surface area contributed by atoms with Gasteiger partial charge in [0.25, 0.3) is 5.91 Å². The highest BCUT2D eigenvalue weighted by molar-refractivity contribution is 9.10. The maximum Gasteiger partial charge on any atom is 0.255 e. The highest BCUT2D eigenvalue weighted by atomic mass is 79.9. The van der Waals surface area contributed by atoms with Gasteiger partial charge in [-0.25, -0.2) is 4.39 Å². The summed E-state index contributed by atoms with van der Waals surface area (Å²) in [6, 6.07) is 8.70. The van der Waals surface area contributed by atoms with E-state index in [1.165, 1.54) is 19.2 Å². The molecular formula is C14H10BrClFNO2. The Morgan fingerprint density at radius 3 is 2.65 bits per heavy atom. The minimum atomic E-state index is -0.458. The Morgan fingerprint density at radius 1 is 1.30 bits per heavy atom. The number of anilines is 1. The van der Waals surface area contributed by atoms with E-state index in [1.807, 2.05) is 0 Å². The van der Waals surface area contributed by atoms with Crippen LogP contribution < -0.4 is 10.1 Å². The summed E-state index contributed by atoms with van der Waals surface area (Å²) in [7, 11) is 1.54. The van der Waals surface area contributed by atoms with Gasteiger partial charge in [-0.1, -0.05) is 11.6 Å². The van der Waals surface area contributed by atoms with Crippen molar-refractivity contribution < 1.29 is 13.9 Å². The van der Waals surface area contributed by atoms with Crippen molar-refractivity contribution >= 4 is 39.1 Å². The molecule has 0 unspecified atom stereocenters. The second kappa shape index (κ2) is 6.24. The third kappa shape index (κ3) is 3.29. The minimum Gasteiger partial charge on any atom is -0.496 e. The van der Waals surface area contributed by atoms with Gasteiger partial charge in [-0.15, -0.1) is 0 Å². The van der Waals surface area contributed by atoms with E-state index in [0.29, 0.717) is 21.5 Å². The summed E-state index contributed by atoms with van der Waals surface area (Å²) in [5.41, 5.74) is 0.781. The van der Waals surface area contributed by atoms with E-state index < -0.39 is 5.82 Å². The highest BCUT2D eigenvalue weighted by Crippen LogP contribution is 2.27. The van der Waals surface area contributed by atoms with Crippen LogP contribution in [-0.2, 0) is 0 Å². The normalized spacial score (nSPS) is 10.2. The average Bonchev–Trinajstić information content (AvgIpc) is 2.41. The standard InChI is InChI=1S/C14H10BrClFNO2/c1-20-13-5-2-8(6-10(13)15)14(19)18-12-4-3-9(17)7-11(12)16/h2-7H,1H3,(H,18,19). The molecule has 0 saturated carbocycles. The largest absolute Gasteiger partial charge is 0.496 e. The molecular weight excluding hydrogens is 349 g/mol. The van der Waals surface area contributed by atoms with E-state index in [0.717, 1.165) is 6.07 Å². The number of carbonyl (C=O) groups is 1. The van der Waals surface area contributed by atoms with Crippen LogP contribution in [0.25, 0.3) is 0 Å². The topological polar surface area (TPSA) is 38.3 Å². The van der Waals surface area contributed by atoms with Gasteiger partial charge >= 0.3 is 0 Å². The number of carbonyl (C=O) groups excluding carboxylic acids is 1. The first-order chi connectivity index (χ1) is 9.51. The number of halogens is 3. The quantitative estimate of drug-likeness (QED) is 0.877. The lowest BCUT2D eigenvalue weighted by Gasteiger charge is -2.09. The van der Waals surface area contributed by atoms with Gasteiger partial charge in [-0.2, -0.15) is 0 Å². The molecule has 0 spiro atoms. The Balaban J connectivity index is 2.21. The molecule has 0 bridgehead atoms. The van der Waals surface area contributed by atoms with Crippen molar-refractivity contribution in [2.24, 2.45) is 0 Å². The molecule has 2 aromatic carbocycles. The van der Waals surface area contributed by atoms with Gasteiger partial charge < -0.3 is 10.1 Å². The van der Waals surface area contributed by atoms with Crippen LogP contribution in [0.15, 0.2) is 40.9 Å². The Morgan fingerprint density at radius 2 is 2.05 bits per heavy atom. The SMILES string of the molecule is COc1ccc(C(=O)Nc2ccc(F)cc2Cl)cc1Br. The van der Waals surface area contributed by atoms with Crippen LogP contribution in [0.2, 0.25) is 5.02 Å². The Labute approximate surface area is 128 Å². The Kier molecular flexibility index (Phi) is 4.62. The van der Waals surface area contributed by atoms with Crippen LogP contribution >= 0.6 is 27.5 Å². The summed E-state index contributed by atoms with van der Waals surface area (Å²) in [5.74, 6) is -0.177. The van der Waals surface area contributed by atoms with Crippen molar-refractivity contribution in [3.63, 3.8) is 0 Å². The number of amides is 1. The van der Waals surface area contributed by atoms with Crippen molar-refractivity contribution in [2.45, 2.75) is 0 Å². The van der Waals surface area contributed by atoms with Crippen molar-refractivity contribution in [2.75, 3.05) is 12.4 Å². The van der Waals surface area contributed by atoms with Gasteiger partial charge in [0.2, 0.25) is 0 Å². The number of nitrogens with one attached hydrogen (secondary N) is 1. The number of hydrogen-bond donors (Lipinski definition) is 1. The first-order valence-corrected chi connectivity index (χ1v) is 6.78. The van der Waals surface area contributed by atoms with Gasteiger partial charge in [-0.05, 0) is 52.3 Å². The lowest BCUT2D eigenvalue weighted by Crippen LogP contribution is -2.12. The third-order valence-electron chi connectivity index (χ3n) is 2.59. The molecule has 2 rings (SSSR count). The molecule has 0 radical (unpaired) electrons. The number of hydrogen-bond acceptors (Lipinski definition) is 2. The zero-order valence-corrected chi connectivity index (χ0v) is 12.8. The van der Waals surface area contributed by atoms with Crippen LogP contribution in [0.3, 0.4) is 0 Å². The maximum absolute atomic E-state index is 12.9. The fourth-order valence-electron chi connectivity index (χ4n) is 1.59. The lowest BCUT2D eigenvalue weighted by molar-refractivity contribution is 0.102. The van der Waals surface area contributed by atoms with Gasteiger partial charge in [-0.3, -0.25) is 4.79 Å². The van der Waals surface area contributed by atoms with Crippen molar-refractivity contribution in [1.29, 1.82) is 0 Å². The fraction of sp³-hybridized carbons (Fsp3) is 0.0714. The first-order valence-electron chi connectivity index (χ1n) is 5.61. The summed E-state index contributed by atoms with van der Waals surface area (Å²) in [6.07, 6.45) is 0. The maximum atomic E-state index is 12.9. The van der Waals surface area contributed by atoms with E-state index in [9.17, 15) is 9.18 Å². The Hall–Kier alpha value is -1.59. The van der Waals surface area contributed by atoms with Crippen LogP contribution in [0.4, 0.5) is 10.1 Å². The van der Waals surface area contributed by atoms with Crippen LogP contribution in [-0.4, -0.2) is 13.0 Å². The molecule has 3 nitrogen and oxygen atoms in total.